The minimum Gasteiger partial charge on any atom is -0.444 e. The molecule has 0 bridgehead atoms. The Morgan fingerprint density at radius 2 is 2.00 bits per heavy atom. The van der Waals surface area contributed by atoms with E-state index in [2.05, 4.69) is 5.32 Å². The number of hydrogen-bond acceptors (Lipinski definition) is 2. The summed E-state index contributed by atoms with van der Waals surface area (Å²) < 4.78 is 5.21. The molecule has 2 atom stereocenters. The molecular weight excluding hydrogens is 238 g/mol. The van der Waals surface area contributed by atoms with Crippen LogP contribution >= 0.6 is 11.6 Å². The molecule has 17 heavy (non-hydrogen) atoms. The van der Waals surface area contributed by atoms with E-state index in [1.165, 1.54) is 19.3 Å². The third kappa shape index (κ3) is 6.16. The van der Waals surface area contributed by atoms with Crippen molar-refractivity contribution < 1.29 is 9.53 Å². The fourth-order valence-electron chi connectivity index (χ4n) is 2.27. The van der Waals surface area contributed by atoms with Crippen LogP contribution in [-0.4, -0.2) is 24.1 Å². The van der Waals surface area contributed by atoms with E-state index in [-0.39, 0.29) is 6.09 Å². The number of alkyl halides is 1. The molecule has 0 aromatic heterocycles. The Bertz CT molecular complexity index is 250. The van der Waals surface area contributed by atoms with Crippen molar-refractivity contribution >= 4 is 17.7 Å². The molecule has 0 saturated heterocycles. The first kappa shape index (κ1) is 14.6. The van der Waals surface area contributed by atoms with Gasteiger partial charge in [-0.05, 0) is 51.9 Å². The van der Waals surface area contributed by atoms with Crippen LogP contribution in [0.5, 0.6) is 0 Å². The van der Waals surface area contributed by atoms with Crippen LogP contribution in [0.3, 0.4) is 0 Å². The largest absolute Gasteiger partial charge is 0.444 e. The molecule has 1 saturated carbocycles. The molecule has 1 aliphatic carbocycles. The second kappa shape index (κ2) is 6.48. The first-order valence-electron chi connectivity index (χ1n) is 6.43. The summed E-state index contributed by atoms with van der Waals surface area (Å²) in [6.07, 6.45) is 4.44. The Morgan fingerprint density at radius 3 is 2.59 bits per heavy atom. The van der Waals surface area contributed by atoms with Gasteiger partial charge in [0, 0.05) is 12.4 Å². The molecule has 1 aliphatic rings. The standard InChI is InChI=1S/C13H24ClNO2/c1-13(2,3)17-12(16)15-9-11-6-4-5-10(7-11)8-14/h10-11H,4-9H2,1-3H3,(H,15,16). The summed E-state index contributed by atoms with van der Waals surface area (Å²) in [5, 5.41) is 2.85. The van der Waals surface area contributed by atoms with Gasteiger partial charge in [0.05, 0.1) is 0 Å². The van der Waals surface area contributed by atoms with E-state index in [1.54, 1.807) is 0 Å². The minimum absolute atomic E-state index is 0.314. The zero-order chi connectivity index (χ0) is 12.9. The number of nitrogens with one attached hydrogen (secondary N) is 1. The molecule has 0 heterocycles. The van der Waals surface area contributed by atoms with Crippen molar-refractivity contribution in [3.05, 3.63) is 0 Å². The Morgan fingerprint density at radius 1 is 1.35 bits per heavy atom. The summed E-state index contributed by atoms with van der Waals surface area (Å²) in [7, 11) is 0. The summed E-state index contributed by atoms with van der Waals surface area (Å²) in [5.41, 5.74) is -0.421. The number of ether oxygens (including phenoxy) is 1. The van der Waals surface area contributed by atoms with Crippen molar-refractivity contribution in [2.45, 2.75) is 52.1 Å². The van der Waals surface area contributed by atoms with Crippen LogP contribution in [0.4, 0.5) is 4.79 Å². The van der Waals surface area contributed by atoms with Crippen LogP contribution in [-0.2, 0) is 4.74 Å². The molecule has 0 aromatic rings. The highest BCUT2D eigenvalue weighted by Crippen LogP contribution is 2.29. The number of rotatable bonds is 3. The van der Waals surface area contributed by atoms with Gasteiger partial charge < -0.3 is 10.1 Å². The zero-order valence-corrected chi connectivity index (χ0v) is 11.8. The number of amides is 1. The average molecular weight is 262 g/mol. The molecular formula is C13H24ClNO2. The SMILES string of the molecule is CC(C)(C)OC(=O)NCC1CCCC(CCl)C1. The fraction of sp³-hybridized carbons (Fsp3) is 0.923. The highest BCUT2D eigenvalue weighted by Gasteiger charge is 2.22. The maximum atomic E-state index is 11.5. The molecule has 2 unspecified atom stereocenters. The monoisotopic (exact) mass is 261 g/mol. The van der Waals surface area contributed by atoms with Crippen molar-refractivity contribution in [3.8, 4) is 0 Å². The lowest BCUT2D eigenvalue weighted by Gasteiger charge is -2.28. The number of carbonyl (C=O) groups is 1. The van der Waals surface area contributed by atoms with Crippen molar-refractivity contribution in [1.29, 1.82) is 0 Å². The summed E-state index contributed by atoms with van der Waals surface area (Å²) in [4.78, 5) is 11.5. The van der Waals surface area contributed by atoms with E-state index in [4.69, 9.17) is 16.3 Å². The molecule has 3 nitrogen and oxygen atoms in total. The van der Waals surface area contributed by atoms with E-state index >= 15 is 0 Å². The van der Waals surface area contributed by atoms with Crippen LogP contribution in [0, 0.1) is 11.8 Å². The number of alkyl carbamates (subject to hydrolysis) is 1. The Kier molecular flexibility index (Phi) is 5.57. The van der Waals surface area contributed by atoms with Gasteiger partial charge in [0.2, 0.25) is 0 Å². The topological polar surface area (TPSA) is 38.3 Å². The molecule has 0 aliphatic heterocycles. The summed E-state index contributed by atoms with van der Waals surface area (Å²) >= 11 is 5.88. The van der Waals surface area contributed by atoms with Gasteiger partial charge in [-0.25, -0.2) is 4.79 Å². The van der Waals surface area contributed by atoms with Crippen LogP contribution in [0.2, 0.25) is 0 Å². The normalized spacial score (nSPS) is 25.4. The van der Waals surface area contributed by atoms with Gasteiger partial charge >= 0.3 is 6.09 Å². The van der Waals surface area contributed by atoms with E-state index < -0.39 is 5.60 Å². The Balaban J connectivity index is 2.23. The molecule has 0 radical (unpaired) electrons. The van der Waals surface area contributed by atoms with E-state index in [9.17, 15) is 4.79 Å². The minimum atomic E-state index is -0.421. The van der Waals surface area contributed by atoms with Crippen molar-refractivity contribution in [2.24, 2.45) is 11.8 Å². The van der Waals surface area contributed by atoms with Gasteiger partial charge in [0.1, 0.15) is 5.60 Å². The third-order valence-corrected chi connectivity index (χ3v) is 3.48. The van der Waals surface area contributed by atoms with E-state index in [0.29, 0.717) is 18.4 Å². The lowest BCUT2D eigenvalue weighted by molar-refractivity contribution is 0.0513. The highest BCUT2D eigenvalue weighted by atomic mass is 35.5. The Hall–Kier alpha value is -0.440. The van der Waals surface area contributed by atoms with Gasteiger partial charge in [-0.15, -0.1) is 11.6 Å². The predicted octanol–water partition coefficient (Wildman–Crippen LogP) is 3.56. The molecule has 4 heteroatoms. The second-order valence-electron chi connectivity index (χ2n) is 5.94. The lowest BCUT2D eigenvalue weighted by atomic mass is 9.82. The molecule has 1 N–H and O–H groups in total. The van der Waals surface area contributed by atoms with E-state index in [1.807, 2.05) is 20.8 Å². The fourth-order valence-corrected chi connectivity index (χ4v) is 2.55. The molecule has 0 spiro atoms. The summed E-state index contributed by atoms with van der Waals surface area (Å²) in [6.45, 7) is 6.33. The van der Waals surface area contributed by atoms with Gasteiger partial charge in [-0.1, -0.05) is 6.42 Å². The van der Waals surface area contributed by atoms with Gasteiger partial charge in [-0.2, -0.15) is 0 Å². The smallest absolute Gasteiger partial charge is 0.407 e. The van der Waals surface area contributed by atoms with Crippen LogP contribution in [0.15, 0.2) is 0 Å². The number of hydrogen-bond donors (Lipinski definition) is 1. The molecule has 1 fully saturated rings. The van der Waals surface area contributed by atoms with Gasteiger partial charge in [0.15, 0.2) is 0 Å². The highest BCUT2D eigenvalue weighted by molar-refractivity contribution is 6.18. The second-order valence-corrected chi connectivity index (χ2v) is 6.24. The first-order chi connectivity index (χ1) is 7.90. The third-order valence-electron chi connectivity index (χ3n) is 3.04. The summed E-state index contributed by atoms with van der Waals surface area (Å²) in [5.74, 6) is 1.92. The lowest BCUT2D eigenvalue weighted by Crippen LogP contribution is -2.36. The van der Waals surface area contributed by atoms with Crippen LogP contribution in [0.1, 0.15) is 46.5 Å². The van der Waals surface area contributed by atoms with E-state index in [0.717, 1.165) is 12.3 Å². The zero-order valence-electron chi connectivity index (χ0n) is 11.1. The van der Waals surface area contributed by atoms with Crippen molar-refractivity contribution in [3.63, 3.8) is 0 Å². The first-order valence-corrected chi connectivity index (χ1v) is 6.97. The van der Waals surface area contributed by atoms with Gasteiger partial charge in [-0.3, -0.25) is 0 Å². The maximum absolute atomic E-state index is 11.5. The van der Waals surface area contributed by atoms with Crippen LogP contribution < -0.4 is 5.32 Å². The molecule has 0 aromatic carbocycles. The van der Waals surface area contributed by atoms with Gasteiger partial charge in [0.25, 0.3) is 0 Å². The molecule has 100 valence electrons. The average Bonchev–Trinajstić information content (AvgIpc) is 2.24. The quantitative estimate of drug-likeness (QED) is 0.789. The Labute approximate surface area is 109 Å². The molecule has 1 rings (SSSR count). The predicted molar refractivity (Wildman–Crippen MR) is 70.4 cm³/mol. The van der Waals surface area contributed by atoms with Crippen molar-refractivity contribution in [2.75, 3.05) is 12.4 Å². The summed E-state index contributed by atoms with van der Waals surface area (Å²) in [6, 6.07) is 0. The maximum Gasteiger partial charge on any atom is 0.407 e. The van der Waals surface area contributed by atoms with Crippen molar-refractivity contribution in [1.82, 2.24) is 5.32 Å². The molecule has 1 amide bonds. The number of carbonyl (C=O) groups excluding carboxylic acids is 1. The van der Waals surface area contributed by atoms with Crippen LogP contribution in [0.25, 0.3) is 0 Å². The number of halogens is 1.